The van der Waals surface area contributed by atoms with Crippen LogP contribution >= 0.6 is 0 Å². The van der Waals surface area contributed by atoms with Crippen molar-refractivity contribution in [3.8, 4) is 34.1 Å². The van der Waals surface area contributed by atoms with E-state index in [2.05, 4.69) is 207 Å². The van der Waals surface area contributed by atoms with E-state index < -0.39 is 9.84 Å². The lowest BCUT2D eigenvalue weighted by molar-refractivity contribution is -0.0560. The molecule has 0 N–H and O–H groups in total. The van der Waals surface area contributed by atoms with Crippen molar-refractivity contribution in [2.24, 2.45) is 0 Å². The second-order valence-electron chi connectivity index (χ2n) is 27.8. The van der Waals surface area contributed by atoms with Crippen LogP contribution in [0.25, 0.3) is 11.1 Å². The highest BCUT2D eigenvalue weighted by molar-refractivity contribution is 7.91. The quantitative estimate of drug-likeness (QED) is 0.145. The molecule has 414 valence electrons. The Kier molecular flexibility index (Phi) is 16.3. The highest BCUT2D eigenvalue weighted by Crippen LogP contribution is 2.43. The number of hydrogen-bond acceptors (Lipinski definition) is 10. The average molecular weight is 1050 g/mol. The fourth-order valence-electron chi connectivity index (χ4n) is 13.2. The van der Waals surface area contributed by atoms with Gasteiger partial charge in [0, 0.05) is 95.7 Å². The molecule has 8 rings (SSSR count). The number of piperidine rings is 4. The lowest BCUT2D eigenvalue weighted by Crippen LogP contribution is -2.60. The highest BCUT2D eigenvalue weighted by Gasteiger charge is 2.47. The molecule has 4 aromatic carbocycles. The third-order valence-electron chi connectivity index (χ3n) is 18.6. The first-order chi connectivity index (χ1) is 34.4. The first kappa shape index (κ1) is 58.6. The molecule has 0 aliphatic carbocycles. The zero-order valence-electron chi connectivity index (χ0n) is 49.9. The van der Waals surface area contributed by atoms with Crippen LogP contribution in [0.5, 0.6) is 23.0 Å². The van der Waals surface area contributed by atoms with E-state index in [1.165, 1.54) is 11.1 Å². The SMILES string of the molecule is CN1C(C)(C)CC(Oc2ccc(-c3ccc(OC4CC(C)(C)N(C)C(C)(C)C4)cc3)cc2)CC1(C)C.CN1C(C)(C)CC(Oc2ccc(S(=O)(=O)c3ccc(OC4CC(C)(C)N(C)C(C)(C)C4)cc3)cc2)CC1(C)C. The Morgan fingerprint density at radius 1 is 0.307 bits per heavy atom. The molecule has 4 aromatic rings. The summed E-state index contributed by atoms with van der Waals surface area (Å²) in [6.45, 7) is 36.5. The fraction of sp³-hybridized carbons (Fsp3) is 0.625. The molecule has 10 nitrogen and oxygen atoms in total. The van der Waals surface area contributed by atoms with Crippen LogP contribution in [0.4, 0.5) is 0 Å². The van der Waals surface area contributed by atoms with Gasteiger partial charge in [0.15, 0.2) is 0 Å². The Bertz CT molecular complexity index is 2420. The first-order valence-corrected chi connectivity index (χ1v) is 29.2. The van der Waals surface area contributed by atoms with Gasteiger partial charge in [0.2, 0.25) is 9.84 Å². The van der Waals surface area contributed by atoms with Crippen molar-refractivity contribution in [3.05, 3.63) is 97.1 Å². The molecular weight excluding hydrogens is 953 g/mol. The van der Waals surface area contributed by atoms with Crippen molar-refractivity contribution in [2.75, 3.05) is 28.2 Å². The zero-order chi connectivity index (χ0) is 55.5. The Labute approximate surface area is 454 Å². The van der Waals surface area contributed by atoms with Gasteiger partial charge in [0.25, 0.3) is 0 Å². The summed E-state index contributed by atoms with van der Waals surface area (Å²) in [7, 11) is 5.16. The molecule has 0 bridgehead atoms. The summed E-state index contributed by atoms with van der Waals surface area (Å²) in [6, 6.07) is 30.8. The number of benzene rings is 4. The minimum absolute atomic E-state index is 0.0192. The molecule has 0 atom stereocenters. The minimum atomic E-state index is -3.65. The number of sulfone groups is 1. The normalized spacial score (nSPS) is 24.1. The largest absolute Gasteiger partial charge is 0.490 e. The zero-order valence-corrected chi connectivity index (χ0v) is 50.7. The van der Waals surface area contributed by atoms with Crippen LogP contribution in [0.15, 0.2) is 107 Å². The third kappa shape index (κ3) is 13.2. The first-order valence-electron chi connectivity index (χ1n) is 27.7. The van der Waals surface area contributed by atoms with Crippen molar-refractivity contribution in [3.63, 3.8) is 0 Å². The molecule has 0 aromatic heterocycles. The summed E-state index contributed by atoms with van der Waals surface area (Å²) in [4.78, 5) is 10.3. The van der Waals surface area contributed by atoms with Crippen LogP contribution in [0.1, 0.15) is 162 Å². The van der Waals surface area contributed by atoms with Gasteiger partial charge in [-0.2, -0.15) is 0 Å². The van der Waals surface area contributed by atoms with Crippen LogP contribution in [0.2, 0.25) is 0 Å². The Balaban J connectivity index is 0.000000219. The van der Waals surface area contributed by atoms with Gasteiger partial charge in [-0.3, -0.25) is 19.6 Å². The summed E-state index contributed by atoms with van der Waals surface area (Å²) < 4.78 is 52.3. The van der Waals surface area contributed by atoms with Crippen LogP contribution in [-0.2, 0) is 9.84 Å². The molecule has 4 aliphatic rings. The molecule has 4 heterocycles. The average Bonchev–Trinajstić information content (AvgIpc) is 3.29. The monoisotopic (exact) mass is 1050 g/mol. The topological polar surface area (TPSA) is 84.0 Å². The van der Waals surface area contributed by atoms with E-state index in [4.69, 9.17) is 18.9 Å². The van der Waals surface area contributed by atoms with Gasteiger partial charge in [0.1, 0.15) is 47.4 Å². The molecule has 4 aliphatic heterocycles. The molecule has 75 heavy (non-hydrogen) atoms. The van der Waals surface area contributed by atoms with Gasteiger partial charge in [-0.25, -0.2) is 8.42 Å². The van der Waals surface area contributed by atoms with Crippen molar-refractivity contribution in [2.45, 2.75) is 241 Å². The second kappa shape index (κ2) is 20.9. The minimum Gasteiger partial charge on any atom is -0.490 e. The molecule has 0 amide bonds. The number of rotatable bonds is 11. The summed E-state index contributed by atoms with van der Waals surface area (Å²) >= 11 is 0. The third-order valence-corrected chi connectivity index (χ3v) is 20.4. The van der Waals surface area contributed by atoms with Crippen molar-refractivity contribution < 1.29 is 27.4 Å². The standard InChI is InChI=1S/C32H48N2O4S.C32H48N2O2/c1-29(2)19-25(20-30(3,4)33(29)9)37-23-11-15-27(16-12-23)39(35,36)28-17-13-24(14-18-28)38-26-21-31(5,6)34(10)32(7,8)22-26;1-29(2)19-27(20-30(3,4)33(29)9)35-25-15-11-23(12-16-25)24-13-17-26(18-14-24)36-28-21-31(5,6)34(10)32(7,8)22-28/h11-18,25-26H,19-22H2,1-10H3;11-18,27-28H,19-22H2,1-10H3. The predicted molar refractivity (Wildman–Crippen MR) is 308 cm³/mol. The van der Waals surface area contributed by atoms with Crippen molar-refractivity contribution >= 4 is 9.84 Å². The van der Waals surface area contributed by atoms with Crippen molar-refractivity contribution in [1.82, 2.24) is 19.6 Å². The van der Waals surface area contributed by atoms with Crippen LogP contribution in [0.3, 0.4) is 0 Å². The maximum Gasteiger partial charge on any atom is 0.206 e. The Morgan fingerprint density at radius 3 is 0.640 bits per heavy atom. The molecular formula is C64H96N4O6S. The van der Waals surface area contributed by atoms with Crippen LogP contribution in [0, 0.1) is 0 Å². The number of nitrogens with zero attached hydrogens (tertiary/aromatic N) is 4. The highest BCUT2D eigenvalue weighted by atomic mass is 32.2. The second-order valence-corrected chi connectivity index (χ2v) is 29.8. The molecule has 0 unspecified atom stereocenters. The maximum atomic E-state index is 13.4. The maximum absolute atomic E-state index is 13.4. The van der Waals surface area contributed by atoms with Crippen LogP contribution < -0.4 is 18.9 Å². The summed E-state index contributed by atoms with van der Waals surface area (Å²) in [5.74, 6) is 3.30. The van der Waals surface area contributed by atoms with Gasteiger partial charge in [-0.05, 0) is 223 Å². The Hall–Kier alpha value is -4.13. The summed E-state index contributed by atoms with van der Waals surface area (Å²) in [5, 5.41) is 0. The van der Waals surface area contributed by atoms with E-state index in [0.717, 1.165) is 62.9 Å². The van der Waals surface area contributed by atoms with Gasteiger partial charge in [0.05, 0.1) is 9.79 Å². The fourth-order valence-corrected chi connectivity index (χ4v) is 14.5. The van der Waals surface area contributed by atoms with E-state index >= 15 is 0 Å². The van der Waals surface area contributed by atoms with Crippen molar-refractivity contribution in [1.29, 1.82) is 0 Å². The van der Waals surface area contributed by atoms with E-state index in [9.17, 15) is 8.42 Å². The smallest absolute Gasteiger partial charge is 0.206 e. The lowest BCUT2D eigenvalue weighted by Gasteiger charge is -2.53. The number of ether oxygens (including phenoxy) is 4. The molecule has 0 spiro atoms. The van der Waals surface area contributed by atoms with E-state index in [-0.39, 0.29) is 78.5 Å². The lowest BCUT2D eigenvalue weighted by atomic mass is 9.78. The van der Waals surface area contributed by atoms with Crippen LogP contribution in [-0.4, -0.2) is 125 Å². The predicted octanol–water partition coefficient (Wildman–Crippen LogP) is 14.0. The van der Waals surface area contributed by atoms with E-state index in [0.29, 0.717) is 11.5 Å². The molecule has 0 radical (unpaired) electrons. The number of hydrogen-bond donors (Lipinski definition) is 0. The molecule has 4 saturated heterocycles. The summed E-state index contributed by atoms with van der Waals surface area (Å²) in [5.41, 5.74) is 2.95. The molecule has 4 fully saturated rings. The van der Waals surface area contributed by atoms with Gasteiger partial charge in [-0.1, -0.05) is 24.3 Å². The van der Waals surface area contributed by atoms with Gasteiger partial charge >= 0.3 is 0 Å². The molecule has 11 heteroatoms. The van der Waals surface area contributed by atoms with Gasteiger partial charge < -0.3 is 18.9 Å². The van der Waals surface area contributed by atoms with E-state index in [1.54, 1.807) is 48.5 Å². The summed E-state index contributed by atoms with van der Waals surface area (Å²) in [6.07, 6.45) is 8.35. The Morgan fingerprint density at radius 2 is 0.467 bits per heavy atom. The molecule has 0 saturated carbocycles. The van der Waals surface area contributed by atoms with E-state index in [1.807, 2.05) is 0 Å². The number of likely N-dealkylation sites (tertiary alicyclic amines) is 4. The van der Waals surface area contributed by atoms with Gasteiger partial charge in [-0.15, -0.1) is 0 Å².